The van der Waals surface area contributed by atoms with Gasteiger partial charge in [-0.15, -0.1) is 0 Å². The van der Waals surface area contributed by atoms with Crippen LogP contribution in [0.2, 0.25) is 0 Å². The maximum atomic E-state index is 9.84. The van der Waals surface area contributed by atoms with Crippen LogP contribution >= 0.6 is 0 Å². The molecule has 0 spiro atoms. The van der Waals surface area contributed by atoms with Crippen molar-refractivity contribution >= 4 is 12.1 Å². The molecule has 12 heavy (non-hydrogen) atoms. The van der Waals surface area contributed by atoms with Crippen molar-refractivity contribution in [1.82, 2.24) is 0 Å². The number of carbonyl (C=O) groups is 2. The third kappa shape index (κ3) is 5.28. The van der Waals surface area contributed by atoms with Gasteiger partial charge in [0.25, 0.3) is 0 Å². The van der Waals surface area contributed by atoms with Crippen molar-refractivity contribution in [2.45, 2.75) is 0 Å². The summed E-state index contributed by atoms with van der Waals surface area (Å²) in [5.41, 5.74) is 0. The molecule has 1 heterocycles. The molecule has 0 unspecified atom stereocenters. The van der Waals surface area contributed by atoms with Gasteiger partial charge in [-0.1, -0.05) is 6.58 Å². The molecule has 1 aliphatic rings. The summed E-state index contributed by atoms with van der Waals surface area (Å²) in [7, 11) is 1.31. The average Bonchev–Trinajstić information content (AvgIpc) is 2.55. The smallest absolute Gasteiger partial charge is 0.466 e. The molecule has 0 aromatic rings. The van der Waals surface area contributed by atoms with Gasteiger partial charge in [-0.3, -0.25) is 0 Å². The van der Waals surface area contributed by atoms with Crippen LogP contribution in [0.5, 0.6) is 0 Å². The van der Waals surface area contributed by atoms with E-state index in [9.17, 15) is 9.59 Å². The van der Waals surface area contributed by atoms with Crippen LogP contribution < -0.4 is 0 Å². The monoisotopic (exact) mass is 174 g/mol. The van der Waals surface area contributed by atoms with Gasteiger partial charge in [0.2, 0.25) is 0 Å². The normalized spacial score (nSPS) is 13.2. The molecule has 5 nitrogen and oxygen atoms in total. The summed E-state index contributed by atoms with van der Waals surface area (Å²) < 4.78 is 12.7. The molecule has 1 aliphatic heterocycles. The van der Waals surface area contributed by atoms with Crippen molar-refractivity contribution in [3.05, 3.63) is 12.7 Å². The highest BCUT2D eigenvalue weighted by molar-refractivity contribution is 5.80. The first-order chi connectivity index (χ1) is 5.70. The van der Waals surface area contributed by atoms with Gasteiger partial charge in [-0.25, -0.2) is 9.59 Å². The Kier molecular flexibility index (Phi) is 5.42. The minimum atomic E-state index is -0.546. The zero-order valence-corrected chi connectivity index (χ0v) is 6.74. The van der Waals surface area contributed by atoms with Gasteiger partial charge in [0.1, 0.15) is 13.2 Å². The standard InChI is InChI=1S/C4H6O2.C3H4O3/c1-3-4(5)6-2;4-3-5-1-2-6-3/h3H,1H2,2H3;1-2H2. The van der Waals surface area contributed by atoms with Crippen molar-refractivity contribution in [2.75, 3.05) is 20.3 Å². The SMILES string of the molecule is C=CC(=O)OC.O=C1OCCO1. The molecule has 0 amide bonds. The highest BCUT2D eigenvalue weighted by Gasteiger charge is 2.09. The van der Waals surface area contributed by atoms with Gasteiger partial charge in [-0.2, -0.15) is 0 Å². The molecule has 68 valence electrons. The molecule has 0 atom stereocenters. The number of hydrogen-bond acceptors (Lipinski definition) is 5. The number of carbonyl (C=O) groups excluding carboxylic acids is 2. The fraction of sp³-hybridized carbons (Fsp3) is 0.429. The summed E-state index contributed by atoms with van der Waals surface area (Å²) in [5, 5.41) is 0. The van der Waals surface area contributed by atoms with E-state index in [1.54, 1.807) is 0 Å². The van der Waals surface area contributed by atoms with Gasteiger partial charge < -0.3 is 14.2 Å². The van der Waals surface area contributed by atoms with Crippen LogP contribution in [0.4, 0.5) is 4.79 Å². The Bertz CT molecular complexity index is 167. The van der Waals surface area contributed by atoms with Gasteiger partial charge in [-0.05, 0) is 0 Å². The summed E-state index contributed by atoms with van der Waals surface area (Å²) in [5.74, 6) is -0.394. The molecule has 0 aliphatic carbocycles. The van der Waals surface area contributed by atoms with Gasteiger partial charge in [0.05, 0.1) is 7.11 Å². The fourth-order valence-corrected chi connectivity index (χ4v) is 0.375. The van der Waals surface area contributed by atoms with Crippen molar-refractivity contribution in [2.24, 2.45) is 0 Å². The molecule has 1 saturated heterocycles. The van der Waals surface area contributed by atoms with Crippen LogP contribution in [0.1, 0.15) is 0 Å². The molecule has 5 heteroatoms. The molecule has 0 radical (unpaired) electrons. The highest BCUT2D eigenvalue weighted by Crippen LogP contribution is 1.92. The Labute approximate surface area is 69.9 Å². The van der Waals surface area contributed by atoms with Crippen molar-refractivity contribution in [3.8, 4) is 0 Å². The third-order valence-electron chi connectivity index (χ3n) is 0.891. The second kappa shape index (κ2) is 6.21. The summed E-state index contributed by atoms with van der Waals surface area (Å²) in [6, 6.07) is 0. The number of cyclic esters (lactones) is 2. The maximum Gasteiger partial charge on any atom is 0.508 e. The molecule has 0 saturated carbocycles. The second-order valence-corrected chi connectivity index (χ2v) is 1.67. The third-order valence-corrected chi connectivity index (χ3v) is 0.891. The molecule has 0 aromatic heterocycles. The van der Waals surface area contributed by atoms with Crippen LogP contribution in [-0.2, 0) is 19.0 Å². The Morgan fingerprint density at radius 2 is 2.08 bits per heavy atom. The minimum absolute atomic E-state index is 0.394. The molecule has 1 fully saturated rings. The van der Waals surface area contributed by atoms with E-state index >= 15 is 0 Å². The maximum absolute atomic E-state index is 9.84. The molecule has 0 aromatic carbocycles. The Morgan fingerprint density at radius 1 is 1.58 bits per heavy atom. The van der Waals surface area contributed by atoms with Crippen molar-refractivity contribution in [1.29, 1.82) is 0 Å². The van der Waals surface area contributed by atoms with E-state index in [1.807, 2.05) is 0 Å². The molecule has 1 rings (SSSR count). The lowest BCUT2D eigenvalue weighted by Crippen LogP contribution is -1.91. The van der Waals surface area contributed by atoms with Gasteiger partial charge >= 0.3 is 12.1 Å². The average molecular weight is 174 g/mol. The Morgan fingerprint density at radius 3 is 2.17 bits per heavy atom. The lowest BCUT2D eigenvalue weighted by molar-refractivity contribution is -0.134. The number of methoxy groups -OCH3 is 1. The van der Waals surface area contributed by atoms with Crippen LogP contribution in [0.3, 0.4) is 0 Å². The summed E-state index contributed by atoms with van der Waals surface area (Å²) in [4.78, 5) is 19.6. The van der Waals surface area contributed by atoms with E-state index in [4.69, 9.17) is 0 Å². The first kappa shape index (κ1) is 10.5. The van der Waals surface area contributed by atoms with Crippen LogP contribution in [0, 0.1) is 0 Å². The number of ether oxygens (including phenoxy) is 3. The van der Waals surface area contributed by atoms with Crippen LogP contribution in [0.15, 0.2) is 12.7 Å². The number of rotatable bonds is 1. The van der Waals surface area contributed by atoms with E-state index in [-0.39, 0.29) is 0 Å². The number of esters is 1. The van der Waals surface area contributed by atoms with Gasteiger partial charge in [0.15, 0.2) is 0 Å². The fourth-order valence-electron chi connectivity index (χ4n) is 0.375. The van der Waals surface area contributed by atoms with E-state index in [0.29, 0.717) is 13.2 Å². The molecular formula is C7H10O5. The predicted molar refractivity (Wildman–Crippen MR) is 39.5 cm³/mol. The van der Waals surface area contributed by atoms with Gasteiger partial charge in [0, 0.05) is 6.08 Å². The van der Waals surface area contributed by atoms with Crippen LogP contribution in [0.25, 0.3) is 0 Å². The minimum Gasteiger partial charge on any atom is -0.466 e. The quantitative estimate of drug-likeness (QED) is 0.428. The summed E-state index contributed by atoms with van der Waals surface area (Å²) in [6.07, 6.45) is 0.565. The topological polar surface area (TPSA) is 61.8 Å². The van der Waals surface area contributed by atoms with Crippen molar-refractivity contribution in [3.63, 3.8) is 0 Å². The van der Waals surface area contributed by atoms with Crippen molar-refractivity contribution < 1.29 is 23.8 Å². The molecule has 0 bridgehead atoms. The zero-order valence-electron chi connectivity index (χ0n) is 6.74. The molecular weight excluding hydrogens is 164 g/mol. The first-order valence-electron chi connectivity index (χ1n) is 3.20. The van der Waals surface area contributed by atoms with Crippen LogP contribution in [-0.4, -0.2) is 32.4 Å². The summed E-state index contributed by atoms with van der Waals surface area (Å²) >= 11 is 0. The number of hydrogen-bond donors (Lipinski definition) is 0. The van der Waals surface area contributed by atoms with E-state index in [1.165, 1.54) is 7.11 Å². The Hall–Kier alpha value is -1.52. The molecule has 0 N–H and O–H groups in total. The highest BCUT2D eigenvalue weighted by atomic mass is 16.8. The lowest BCUT2D eigenvalue weighted by atomic mass is 10.7. The largest absolute Gasteiger partial charge is 0.508 e. The first-order valence-corrected chi connectivity index (χ1v) is 3.20. The zero-order chi connectivity index (χ0) is 9.40. The predicted octanol–water partition coefficient (Wildman–Crippen LogP) is 0.499. The summed E-state index contributed by atoms with van der Waals surface area (Å²) in [6.45, 7) is 3.99. The van der Waals surface area contributed by atoms with E-state index in [0.717, 1.165) is 6.08 Å². The second-order valence-electron chi connectivity index (χ2n) is 1.67. The lowest BCUT2D eigenvalue weighted by Gasteiger charge is -1.83. The Balaban J connectivity index is 0.000000202. The van der Waals surface area contributed by atoms with E-state index in [2.05, 4.69) is 20.8 Å². The van der Waals surface area contributed by atoms with E-state index < -0.39 is 12.1 Å².